The molecule has 20 heavy (non-hydrogen) atoms. The summed E-state index contributed by atoms with van der Waals surface area (Å²) in [6.45, 7) is 1.07. The van der Waals surface area contributed by atoms with Crippen LogP contribution in [0.25, 0.3) is 0 Å². The molecule has 1 fully saturated rings. The molecular weight excluding hydrogens is 262 g/mol. The zero-order valence-electron chi connectivity index (χ0n) is 10.7. The first kappa shape index (κ1) is 12.9. The van der Waals surface area contributed by atoms with Gasteiger partial charge in [-0.05, 0) is 17.7 Å². The third-order valence-electron chi connectivity index (χ3n) is 3.56. The highest BCUT2D eigenvalue weighted by atomic mass is 19.1. The number of rotatable bonds is 2. The van der Waals surface area contributed by atoms with E-state index in [-0.39, 0.29) is 12.0 Å². The Morgan fingerprint density at radius 1 is 1.15 bits per heavy atom. The van der Waals surface area contributed by atoms with E-state index in [1.807, 2.05) is 4.90 Å². The van der Waals surface area contributed by atoms with Crippen molar-refractivity contribution in [3.63, 3.8) is 0 Å². The Labute approximate surface area is 115 Å². The van der Waals surface area contributed by atoms with Gasteiger partial charge in [-0.3, -0.25) is 0 Å². The van der Waals surface area contributed by atoms with Crippen molar-refractivity contribution in [1.29, 1.82) is 0 Å². The fourth-order valence-electron chi connectivity index (χ4n) is 2.58. The molecule has 1 aliphatic heterocycles. The standard InChI is InChI=1S/C14H14F2N4/c15-9-2-3-10(12(16)6-9)11-7-20(8-13(11)17)14-18-4-1-5-19-14/h1-6,11,13H,7-8,17H2/t11-,13+/m1/s1. The Morgan fingerprint density at radius 2 is 1.90 bits per heavy atom. The molecule has 1 aromatic heterocycles. The van der Waals surface area contributed by atoms with Crippen molar-refractivity contribution < 1.29 is 8.78 Å². The maximum Gasteiger partial charge on any atom is 0.225 e. The Hall–Kier alpha value is -2.08. The van der Waals surface area contributed by atoms with Gasteiger partial charge in [0.15, 0.2) is 0 Å². The van der Waals surface area contributed by atoms with Crippen molar-refractivity contribution in [2.24, 2.45) is 5.73 Å². The average Bonchev–Trinajstić information content (AvgIpc) is 2.82. The van der Waals surface area contributed by atoms with E-state index >= 15 is 0 Å². The topological polar surface area (TPSA) is 55.0 Å². The van der Waals surface area contributed by atoms with Gasteiger partial charge in [0.25, 0.3) is 0 Å². The van der Waals surface area contributed by atoms with E-state index < -0.39 is 11.6 Å². The van der Waals surface area contributed by atoms with Crippen molar-refractivity contribution in [3.8, 4) is 0 Å². The molecular formula is C14H14F2N4. The molecule has 0 aliphatic carbocycles. The van der Waals surface area contributed by atoms with Gasteiger partial charge in [0.1, 0.15) is 11.6 Å². The molecule has 4 nitrogen and oxygen atoms in total. The molecule has 6 heteroatoms. The first-order valence-corrected chi connectivity index (χ1v) is 6.37. The number of aromatic nitrogens is 2. The predicted octanol–water partition coefficient (Wildman–Crippen LogP) is 1.69. The second-order valence-electron chi connectivity index (χ2n) is 4.89. The second-order valence-corrected chi connectivity index (χ2v) is 4.89. The SMILES string of the molecule is N[C@H]1CN(c2ncccn2)C[C@@H]1c1ccc(F)cc1F. The van der Waals surface area contributed by atoms with Gasteiger partial charge in [-0.15, -0.1) is 0 Å². The third-order valence-corrected chi connectivity index (χ3v) is 3.56. The molecule has 1 saturated heterocycles. The van der Waals surface area contributed by atoms with Gasteiger partial charge in [-0.2, -0.15) is 0 Å². The van der Waals surface area contributed by atoms with Crippen LogP contribution in [0.1, 0.15) is 11.5 Å². The van der Waals surface area contributed by atoms with E-state index in [0.29, 0.717) is 24.6 Å². The summed E-state index contributed by atoms with van der Waals surface area (Å²) in [4.78, 5) is 10.2. The predicted molar refractivity (Wildman–Crippen MR) is 71.3 cm³/mol. The Bertz CT molecular complexity index is 605. The van der Waals surface area contributed by atoms with E-state index in [1.54, 1.807) is 18.5 Å². The van der Waals surface area contributed by atoms with E-state index in [0.717, 1.165) is 6.07 Å². The minimum absolute atomic E-state index is 0.195. The molecule has 0 amide bonds. The first-order chi connectivity index (χ1) is 9.65. The largest absolute Gasteiger partial charge is 0.339 e. The summed E-state index contributed by atoms with van der Waals surface area (Å²) in [6.07, 6.45) is 3.30. The summed E-state index contributed by atoms with van der Waals surface area (Å²) in [5, 5.41) is 0. The van der Waals surface area contributed by atoms with Crippen molar-refractivity contribution in [2.45, 2.75) is 12.0 Å². The molecule has 104 valence electrons. The smallest absolute Gasteiger partial charge is 0.225 e. The van der Waals surface area contributed by atoms with E-state index in [2.05, 4.69) is 9.97 Å². The van der Waals surface area contributed by atoms with Gasteiger partial charge < -0.3 is 10.6 Å². The van der Waals surface area contributed by atoms with Gasteiger partial charge in [0.05, 0.1) is 0 Å². The summed E-state index contributed by atoms with van der Waals surface area (Å²) < 4.78 is 26.8. The molecule has 0 spiro atoms. The number of benzene rings is 1. The van der Waals surface area contributed by atoms with E-state index in [4.69, 9.17) is 5.73 Å². The molecule has 0 bridgehead atoms. The maximum atomic E-state index is 13.9. The lowest BCUT2D eigenvalue weighted by Gasteiger charge is -2.16. The maximum absolute atomic E-state index is 13.9. The number of anilines is 1. The number of nitrogens with zero attached hydrogens (tertiary/aromatic N) is 3. The highest BCUT2D eigenvalue weighted by molar-refractivity contribution is 5.37. The highest BCUT2D eigenvalue weighted by Gasteiger charge is 2.34. The van der Waals surface area contributed by atoms with E-state index in [1.165, 1.54) is 12.1 Å². The van der Waals surface area contributed by atoms with Gasteiger partial charge in [0.2, 0.25) is 5.95 Å². The lowest BCUT2D eigenvalue weighted by atomic mass is 9.94. The molecule has 2 atom stereocenters. The van der Waals surface area contributed by atoms with E-state index in [9.17, 15) is 8.78 Å². The van der Waals surface area contributed by atoms with Crippen molar-refractivity contribution in [1.82, 2.24) is 9.97 Å². The van der Waals surface area contributed by atoms with Gasteiger partial charge in [-0.25, -0.2) is 18.7 Å². The van der Waals surface area contributed by atoms with Crippen LogP contribution in [-0.2, 0) is 0 Å². The molecule has 0 saturated carbocycles. The highest BCUT2D eigenvalue weighted by Crippen LogP contribution is 2.30. The fraction of sp³-hybridized carbons (Fsp3) is 0.286. The molecule has 1 aliphatic rings. The number of hydrogen-bond acceptors (Lipinski definition) is 4. The Morgan fingerprint density at radius 3 is 2.60 bits per heavy atom. The van der Waals surface area contributed by atoms with Crippen molar-refractivity contribution in [2.75, 3.05) is 18.0 Å². The van der Waals surface area contributed by atoms with Crippen molar-refractivity contribution >= 4 is 5.95 Å². The lowest BCUT2D eigenvalue weighted by molar-refractivity contribution is 0.546. The second kappa shape index (κ2) is 5.13. The Balaban J connectivity index is 1.85. The summed E-state index contributed by atoms with van der Waals surface area (Å²) in [5.74, 6) is -0.755. The Kier molecular flexibility index (Phi) is 3.31. The average molecular weight is 276 g/mol. The quantitative estimate of drug-likeness (QED) is 0.907. The van der Waals surface area contributed by atoms with Gasteiger partial charge in [-0.1, -0.05) is 6.07 Å². The van der Waals surface area contributed by atoms with Crippen LogP contribution in [0.15, 0.2) is 36.7 Å². The zero-order valence-corrected chi connectivity index (χ0v) is 10.7. The monoisotopic (exact) mass is 276 g/mol. The molecule has 1 aromatic carbocycles. The summed E-state index contributed by atoms with van der Waals surface area (Å²) in [6, 6.07) is 5.11. The first-order valence-electron chi connectivity index (χ1n) is 6.37. The van der Waals surface area contributed by atoms with Gasteiger partial charge >= 0.3 is 0 Å². The molecule has 2 N–H and O–H groups in total. The molecule has 2 aromatic rings. The molecule has 2 heterocycles. The van der Waals surface area contributed by atoms with Crippen LogP contribution in [0.3, 0.4) is 0 Å². The number of halogens is 2. The van der Waals surface area contributed by atoms with Crippen molar-refractivity contribution in [3.05, 3.63) is 53.9 Å². The number of hydrogen-bond donors (Lipinski definition) is 1. The fourth-order valence-corrected chi connectivity index (χ4v) is 2.58. The minimum Gasteiger partial charge on any atom is -0.339 e. The summed E-state index contributed by atoms with van der Waals surface area (Å²) in [5.41, 5.74) is 6.53. The molecule has 0 radical (unpaired) electrons. The normalized spacial score (nSPS) is 22.2. The van der Waals surface area contributed by atoms with Crippen LogP contribution < -0.4 is 10.6 Å². The lowest BCUT2D eigenvalue weighted by Crippen LogP contribution is -2.29. The van der Waals surface area contributed by atoms with Crippen LogP contribution in [0.5, 0.6) is 0 Å². The zero-order chi connectivity index (χ0) is 14.1. The van der Waals surface area contributed by atoms with Crippen LogP contribution in [0, 0.1) is 11.6 Å². The van der Waals surface area contributed by atoms with Gasteiger partial charge in [0, 0.05) is 43.5 Å². The minimum atomic E-state index is -0.582. The molecule has 0 unspecified atom stereocenters. The van der Waals surface area contributed by atoms with Crippen LogP contribution >= 0.6 is 0 Å². The van der Waals surface area contributed by atoms with Crippen LogP contribution in [0.4, 0.5) is 14.7 Å². The third kappa shape index (κ3) is 2.34. The van der Waals surface area contributed by atoms with Crippen LogP contribution in [0.2, 0.25) is 0 Å². The summed E-state index contributed by atoms with van der Waals surface area (Å²) in [7, 11) is 0. The number of nitrogens with two attached hydrogens (primary N) is 1. The van der Waals surface area contributed by atoms with Crippen LogP contribution in [-0.4, -0.2) is 29.1 Å². The molecule has 3 rings (SSSR count). The summed E-state index contributed by atoms with van der Waals surface area (Å²) >= 11 is 0.